The Morgan fingerprint density at radius 3 is 2.94 bits per heavy atom. The number of ether oxygens (including phenoxy) is 1. The molecule has 1 aliphatic rings. The first-order valence-corrected chi connectivity index (χ1v) is 6.16. The highest BCUT2D eigenvalue weighted by Crippen LogP contribution is 2.31. The normalized spacial score (nSPS) is 16.9. The van der Waals surface area contributed by atoms with Crippen LogP contribution in [0.5, 0.6) is 6.01 Å². The van der Waals surface area contributed by atoms with E-state index < -0.39 is 0 Å². The van der Waals surface area contributed by atoms with Crippen LogP contribution >= 0.6 is 0 Å². The van der Waals surface area contributed by atoms with Crippen LogP contribution in [-0.2, 0) is 0 Å². The van der Waals surface area contributed by atoms with Gasteiger partial charge in [0.25, 0.3) is 0 Å². The van der Waals surface area contributed by atoms with Gasteiger partial charge in [0.15, 0.2) is 0 Å². The van der Waals surface area contributed by atoms with Crippen molar-refractivity contribution in [3.8, 4) is 6.01 Å². The van der Waals surface area contributed by atoms with Gasteiger partial charge in [-0.1, -0.05) is 36.3 Å². The molecule has 0 amide bonds. The summed E-state index contributed by atoms with van der Waals surface area (Å²) in [6.07, 6.45) is 4.05. The number of benzene rings is 1. The lowest BCUT2D eigenvalue weighted by Gasteiger charge is -2.11. The van der Waals surface area contributed by atoms with E-state index in [4.69, 9.17) is 4.74 Å². The van der Waals surface area contributed by atoms with Crippen LogP contribution in [-0.4, -0.2) is 21.4 Å². The molecule has 1 unspecified atom stereocenters. The number of hydrogen-bond donors (Lipinski definition) is 0. The molecule has 0 N–H and O–H groups in total. The molecule has 0 saturated carbocycles. The van der Waals surface area contributed by atoms with Gasteiger partial charge in [0.2, 0.25) is 0 Å². The average molecular weight is 241 g/mol. The lowest BCUT2D eigenvalue weighted by atomic mass is 9.96. The van der Waals surface area contributed by atoms with E-state index in [2.05, 4.69) is 41.4 Å². The first-order chi connectivity index (χ1) is 8.81. The monoisotopic (exact) mass is 241 g/mol. The maximum Gasteiger partial charge on any atom is 0.321 e. The molecule has 0 bridgehead atoms. The summed E-state index contributed by atoms with van der Waals surface area (Å²) in [5.41, 5.74) is 2.49. The average Bonchev–Trinajstić information content (AvgIpc) is 2.73. The first-order valence-electron chi connectivity index (χ1n) is 6.16. The summed E-state index contributed by atoms with van der Waals surface area (Å²) in [7, 11) is 0. The van der Waals surface area contributed by atoms with E-state index in [1.807, 2.05) is 23.8 Å². The van der Waals surface area contributed by atoms with Crippen LogP contribution in [0.25, 0.3) is 12.3 Å². The Morgan fingerprint density at radius 2 is 2.11 bits per heavy atom. The predicted molar refractivity (Wildman–Crippen MR) is 70.4 cm³/mol. The van der Waals surface area contributed by atoms with Gasteiger partial charge in [-0.2, -0.15) is 0 Å². The number of nitrogens with zero attached hydrogens (tertiary/aromatic N) is 3. The predicted octanol–water partition coefficient (Wildman–Crippen LogP) is 2.77. The number of rotatable bonds is 2. The quantitative estimate of drug-likeness (QED) is 0.811. The third kappa shape index (κ3) is 1.61. The summed E-state index contributed by atoms with van der Waals surface area (Å²) >= 11 is 0. The highest BCUT2D eigenvalue weighted by atomic mass is 16.5. The van der Waals surface area contributed by atoms with Gasteiger partial charge in [0.1, 0.15) is 5.82 Å². The van der Waals surface area contributed by atoms with Crippen molar-refractivity contribution in [1.82, 2.24) is 14.8 Å². The van der Waals surface area contributed by atoms with Gasteiger partial charge in [0.05, 0.1) is 6.61 Å². The fraction of sp³-hybridized carbons (Fsp3) is 0.286. The lowest BCUT2D eigenvalue weighted by molar-refractivity contribution is 0.307. The van der Waals surface area contributed by atoms with E-state index in [1.165, 1.54) is 11.1 Å². The van der Waals surface area contributed by atoms with E-state index in [9.17, 15) is 0 Å². The molecular formula is C14H15N3O. The van der Waals surface area contributed by atoms with Gasteiger partial charge in [-0.05, 0) is 24.1 Å². The van der Waals surface area contributed by atoms with Crippen LogP contribution in [0, 0.1) is 0 Å². The molecular weight excluding hydrogens is 226 g/mol. The fourth-order valence-electron chi connectivity index (χ4n) is 2.30. The second-order valence-corrected chi connectivity index (χ2v) is 4.31. The Balaban J connectivity index is 2.14. The Morgan fingerprint density at radius 1 is 1.28 bits per heavy atom. The van der Waals surface area contributed by atoms with Gasteiger partial charge >= 0.3 is 6.01 Å². The van der Waals surface area contributed by atoms with Crippen molar-refractivity contribution >= 4 is 12.3 Å². The number of fused-ring (bicyclic) bond motifs is 2. The van der Waals surface area contributed by atoms with Crippen LogP contribution in [0.1, 0.15) is 36.7 Å². The molecule has 2 heterocycles. The second-order valence-electron chi connectivity index (χ2n) is 4.31. The third-order valence-electron chi connectivity index (χ3n) is 3.22. The van der Waals surface area contributed by atoms with Crippen molar-refractivity contribution in [3.63, 3.8) is 0 Å². The second kappa shape index (κ2) is 4.29. The highest BCUT2D eigenvalue weighted by molar-refractivity contribution is 5.67. The van der Waals surface area contributed by atoms with Gasteiger partial charge in [-0.25, -0.2) is 0 Å². The minimum absolute atomic E-state index is 0.206. The minimum Gasteiger partial charge on any atom is -0.464 e. The summed E-state index contributed by atoms with van der Waals surface area (Å²) in [5, 5.41) is 8.34. The molecule has 18 heavy (non-hydrogen) atoms. The smallest absolute Gasteiger partial charge is 0.321 e. The van der Waals surface area contributed by atoms with Crippen LogP contribution < -0.4 is 4.74 Å². The molecule has 1 aromatic carbocycles. The molecule has 0 radical (unpaired) electrons. The van der Waals surface area contributed by atoms with Crippen LogP contribution in [0.4, 0.5) is 0 Å². The Bertz CT molecular complexity index is 601. The van der Waals surface area contributed by atoms with Crippen molar-refractivity contribution in [1.29, 1.82) is 0 Å². The summed E-state index contributed by atoms with van der Waals surface area (Å²) in [4.78, 5) is 0. The van der Waals surface area contributed by atoms with Gasteiger partial charge < -0.3 is 4.74 Å². The minimum atomic E-state index is 0.206. The fourth-order valence-corrected chi connectivity index (χ4v) is 2.30. The van der Waals surface area contributed by atoms with E-state index >= 15 is 0 Å². The zero-order valence-electron chi connectivity index (χ0n) is 10.5. The maximum absolute atomic E-state index is 5.49. The topological polar surface area (TPSA) is 39.9 Å². The summed E-state index contributed by atoms with van der Waals surface area (Å²) < 4.78 is 7.41. The van der Waals surface area contributed by atoms with Crippen LogP contribution in [0.2, 0.25) is 0 Å². The van der Waals surface area contributed by atoms with E-state index in [1.54, 1.807) is 0 Å². The molecule has 1 aromatic heterocycles. The summed E-state index contributed by atoms with van der Waals surface area (Å²) in [6.45, 7) is 4.68. The molecule has 4 heteroatoms. The maximum atomic E-state index is 5.49. The molecule has 2 aromatic rings. The molecule has 3 rings (SSSR count). The zero-order valence-corrected chi connectivity index (χ0v) is 10.5. The van der Waals surface area contributed by atoms with Gasteiger partial charge in [0, 0.05) is 12.1 Å². The molecule has 1 aliphatic heterocycles. The first kappa shape index (κ1) is 11.0. The van der Waals surface area contributed by atoms with Gasteiger partial charge in [-0.15, -0.1) is 5.10 Å². The van der Waals surface area contributed by atoms with Crippen LogP contribution in [0.3, 0.4) is 0 Å². The van der Waals surface area contributed by atoms with Gasteiger partial charge in [-0.3, -0.25) is 4.57 Å². The van der Waals surface area contributed by atoms with E-state index in [-0.39, 0.29) is 5.92 Å². The largest absolute Gasteiger partial charge is 0.464 e. The molecule has 0 saturated heterocycles. The molecule has 0 aliphatic carbocycles. The number of aromatic nitrogens is 3. The number of hydrogen-bond acceptors (Lipinski definition) is 3. The van der Waals surface area contributed by atoms with Crippen molar-refractivity contribution in [2.75, 3.05) is 6.61 Å². The molecule has 0 fully saturated rings. The summed E-state index contributed by atoms with van der Waals surface area (Å²) in [5.74, 6) is 1.12. The summed E-state index contributed by atoms with van der Waals surface area (Å²) in [6, 6.07) is 8.91. The van der Waals surface area contributed by atoms with Crippen molar-refractivity contribution in [3.05, 3.63) is 41.2 Å². The lowest BCUT2D eigenvalue weighted by Crippen LogP contribution is -2.04. The van der Waals surface area contributed by atoms with Crippen molar-refractivity contribution in [2.24, 2.45) is 0 Å². The van der Waals surface area contributed by atoms with Crippen LogP contribution in [0.15, 0.2) is 24.3 Å². The highest BCUT2D eigenvalue weighted by Gasteiger charge is 2.22. The van der Waals surface area contributed by atoms with E-state index in [0.29, 0.717) is 12.6 Å². The standard InChI is InChI=1S/C14H15N3O/c1-3-18-14-16-15-13-10(2)12-7-5-4-6-11(12)8-9-17(13)14/h4-10H,3H2,1-2H3. The molecule has 0 spiro atoms. The van der Waals surface area contributed by atoms with E-state index in [0.717, 1.165) is 5.82 Å². The molecule has 1 atom stereocenters. The Kier molecular flexibility index (Phi) is 2.63. The molecule has 4 nitrogen and oxygen atoms in total. The molecule has 92 valence electrons. The Labute approximate surface area is 106 Å². The zero-order chi connectivity index (χ0) is 12.5. The third-order valence-corrected chi connectivity index (χ3v) is 3.22. The SMILES string of the molecule is CCOc1nnc2n1C=Cc1ccccc1C2C. The van der Waals surface area contributed by atoms with Crippen molar-refractivity contribution in [2.45, 2.75) is 19.8 Å². The van der Waals surface area contributed by atoms with Crippen molar-refractivity contribution < 1.29 is 4.74 Å². The Hall–Kier alpha value is -2.10.